The van der Waals surface area contributed by atoms with E-state index in [4.69, 9.17) is 9.40 Å². The summed E-state index contributed by atoms with van der Waals surface area (Å²) in [5, 5.41) is 10.6. The standard InChI is InChI=1S/C23H17FN6O/c24-17-7-5-14(6-8-17)22-28-29-23(31-22)30-10-9-18-20(27-13-26-18)21(30)19-11-15-3-1-2-4-16(15)12-25-19/h1-8,11-13,21H,9-10H2,(H,26,27)/t21-/m0/s1. The number of fused-ring (bicyclic) bond motifs is 2. The Morgan fingerprint density at radius 1 is 1.00 bits per heavy atom. The highest BCUT2D eigenvalue weighted by Crippen LogP contribution is 2.37. The number of anilines is 1. The van der Waals surface area contributed by atoms with Crippen LogP contribution in [0.25, 0.3) is 22.2 Å². The zero-order valence-electron chi connectivity index (χ0n) is 16.4. The van der Waals surface area contributed by atoms with Crippen molar-refractivity contribution in [1.82, 2.24) is 25.1 Å². The molecule has 0 aliphatic carbocycles. The number of imidazole rings is 1. The van der Waals surface area contributed by atoms with Crippen molar-refractivity contribution in [2.24, 2.45) is 0 Å². The molecule has 0 amide bonds. The largest absolute Gasteiger partial charge is 0.403 e. The first-order chi connectivity index (χ1) is 15.3. The van der Waals surface area contributed by atoms with E-state index >= 15 is 0 Å². The van der Waals surface area contributed by atoms with Crippen molar-refractivity contribution in [2.45, 2.75) is 12.5 Å². The van der Waals surface area contributed by atoms with Crippen LogP contribution in [-0.2, 0) is 6.42 Å². The van der Waals surface area contributed by atoms with Crippen molar-refractivity contribution in [3.8, 4) is 11.5 Å². The van der Waals surface area contributed by atoms with Crippen LogP contribution in [0.2, 0.25) is 0 Å². The van der Waals surface area contributed by atoms with Gasteiger partial charge >= 0.3 is 6.01 Å². The predicted molar refractivity (Wildman–Crippen MR) is 113 cm³/mol. The second kappa shape index (κ2) is 7.02. The number of halogens is 1. The number of aromatic amines is 1. The normalized spacial score (nSPS) is 15.9. The summed E-state index contributed by atoms with van der Waals surface area (Å²) in [6.45, 7) is 0.666. The molecular weight excluding hydrogens is 395 g/mol. The Balaban J connectivity index is 1.44. The quantitative estimate of drug-likeness (QED) is 0.476. The Morgan fingerprint density at radius 3 is 2.71 bits per heavy atom. The number of benzene rings is 2. The van der Waals surface area contributed by atoms with Crippen LogP contribution in [0.5, 0.6) is 0 Å². The average Bonchev–Trinajstić information content (AvgIpc) is 3.48. The lowest BCUT2D eigenvalue weighted by molar-refractivity contribution is 0.504. The van der Waals surface area contributed by atoms with Crippen LogP contribution in [0.4, 0.5) is 10.4 Å². The smallest absolute Gasteiger partial charge is 0.319 e. The summed E-state index contributed by atoms with van der Waals surface area (Å²) in [5.74, 6) is 0.0288. The lowest BCUT2D eigenvalue weighted by atomic mass is 9.98. The molecule has 0 bridgehead atoms. The van der Waals surface area contributed by atoms with E-state index in [0.29, 0.717) is 24.0 Å². The third kappa shape index (κ3) is 3.04. The highest BCUT2D eigenvalue weighted by Gasteiger charge is 2.35. The molecule has 3 aromatic heterocycles. The number of hydrogen-bond donors (Lipinski definition) is 1. The SMILES string of the molecule is Fc1ccc(-c2nnc(N3CCc4[nH]cnc4[C@@H]3c3cc4ccccc4cn3)o2)cc1. The molecule has 1 N–H and O–H groups in total. The predicted octanol–water partition coefficient (Wildman–Crippen LogP) is 4.30. The fraction of sp³-hybridized carbons (Fsp3) is 0.130. The van der Waals surface area contributed by atoms with Crippen LogP contribution in [0.3, 0.4) is 0 Å². The Kier molecular flexibility index (Phi) is 4.02. The van der Waals surface area contributed by atoms with Gasteiger partial charge in [-0.05, 0) is 35.7 Å². The van der Waals surface area contributed by atoms with E-state index in [0.717, 1.165) is 34.3 Å². The summed E-state index contributed by atoms with van der Waals surface area (Å²) in [6, 6.07) is 16.3. The summed E-state index contributed by atoms with van der Waals surface area (Å²) in [4.78, 5) is 14.6. The number of rotatable bonds is 3. The molecule has 31 heavy (non-hydrogen) atoms. The van der Waals surface area contributed by atoms with Crippen LogP contribution in [0.15, 0.2) is 71.5 Å². The molecule has 0 saturated carbocycles. The van der Waals surface area contributed by atoms with Crippen LogP contribution in [0.1, 0.15) is 23.1 Å². The average molecular weight is 412 g/mol. The fourth-order valence-corrected chi connectivity index (χ4v) is 4.07. The van der Waals surface area contributed by atoms with Gasteiger partial charge in [0.05, 0.1) is 17.7 Å². The van der Waals surface area contributed by atoms with Crippen LogP contribution in [0, 0.1) is 5.82 Å². The van der Waals surface area contributed by atoms with Crippen molar-refractivity contribution in [3.63, 3.8) is 0 Å². The van der Waals surface area contributed by atoms with Crippen molar-refractivity contribution >= 4 is 16.8 Å². The highest BCUT2D eigenvalue weighted by atomic mass is 19.1. The minimum Gasteiger partial charge on any atom is -0.403 e. The highest BCUT2D eigenvalue weighted by molar-refractivity contribution is 5.82. The first kappa shape index (κ1) is 17.8. The summed E-state index contributed by atoms with van der Waals surface area (Å²) in [6.07, 6.45) is 4.36. The maximum Gasteiger partial charge on any atom is 0.319 e. The summed E-state index contributed by atoms with van der Waals surface area (Å²) < 4.78 is 19.3. The maximum absolute atomic E-state index is 13.3. The minimum absolute atomic E-state index is 0.263. The van der Waals surface area contributed by atoms with Crippen molar-refractivity contribution in [3.05, 3.63) is 90.0 Å². The van der Waals surface area contributed by atoms with Crippen molar-refractivity contribution < 1.29 is 8.81 Å². The molecule has 6 rings (SSSR count). The molecule has 5 aromatic rings. The fourth-order valence-electron chi connectivity index (χ4n) is 4.07. The van der Waals surface area contributed by atoms with E-state index in [1.54, 1.807) is 18.5 Å². The van der Waals surface area contributed by atoms with Gasteiger partial charge in [0.15, 0.2) is 0 Å². The molecule has 0 saturated heterocycles. The van der Waals surface area contributed by atoms with Gasteiger partial charge in [0.25, 0.3) is 0 Å². The lowest BCUT2D eigenvalue weighted by Crippen LogP contribution is -2.37. The molecule has 7 nitrogen and oxygen atoms in total. The molecule has 0 radical (unpaired) electrons. The summed E-state index contributed by atoms with van der Waals surface area (Å²) >= 11 is 0. The molecule has 2 aromatic carbocycles. The van der Waals surface area contributed by atoms with Gasteiger partial charge in [-0.25, -0.2) is 9.37 Å². The Morgan fingerprint density at radius 2 is 1.84 bits per heavy atom. The van der Waals surface area contributed by atoms with E-state index in [9.17, 15) is 4.39 Å². The van der Waals surface area contributed by atoms with Gasteiger partial charge in [0.1, 0.15) is 11.9 Å². The number of pyridine rings is 1. The van der Waals surface area contributed by atoms with E-state index in [1.807, 2.05) is 29.3 Å². The Bertz CT molecular complexity index is 1380. The van der Waals surface area contributed by atoms with Gasteiger partial charge in [-0.3, -0.25) is 4.98 Å². The molecule has 0 spiro atoms. The van der Waals surface area contributed by atoms with Gasteiger partial charge < -0.3 is 14.3 Å². The molecular formula is C23H17FN6O. The zero-order chi connectivity index (χ0) is 20.8. The monoisotopic (exact) mass is 412 g/mol. The molecule has 8 heteroatoms. The van der Waals surface area contributed by atoms with E-state index in [-0.39, 0.29) is 11.9 Å². The van der Waals surface area contributed by atoms with Crippen LogP contribution < -0.4 is 4.90 Å². The maximum atomic E-state index is 13.3. The van der Waals surface area contributed by atoms with E-state index in [1.165, 1.54) is 12.1 Å². The second-order valence-corrected chi connectivity index (χ2v) is 7.47. The molecule has 1 aliphatic heterocycles. The Hall–Kier alpha value is -4.07. The summed E-state index contributed by atoms with van der Waals surface area (Å²) in [5.41, 5.74) is 3.50. The summed E-state index contributed by atoms with van der Waals surface area (Å²) in [7, 11) is 0. The molecule has 4 heterocycles. The number of nitrogens with one attached hydrogen (secondary N) is 1. The van der Waals surface area contributed by atoms with Gasteiger partial charge in [0.2, 0.25) is 5.89 Å². The van der Waals surface area contributed by atoms with Crippen molar-refractivity contribution in [2.75, 3.05) is 11.4 Å². The zero-order valence-corrected chi connectivity index (χ0v) is 16.4. The second-order valence-electron chi connectivity index (χ2n) is 7.47. The molecule has 1 atom stereocenters. The lowest BCUT2D eigenvalue weighted by Gasteiger charge is -2.33. The number of aromatic nitrogens is 5. The molecule has 1 aliphatic rings. The Labute approximate surface area is 176 Å². The third-order valence-corrected chi connectivity index (χ3v) is 5.61. The van der Waals surface area contributed by atoms with E-state index < -0.39 is 0 Å². The number of hydrogen-bond acceptors (Lipinski definition) is 6. The first-order valence-electron chi connectivity index (χ1n) is 9.99. The molecule has 152 valence electrons. The number of nitrogens with zero attached hydrogens (tertiary/aromatic N) is 5. The molecule has 0 unspecified atom stereocenters. The van der Waals surface area contributed by atoms with Crippen molar-refractivity contribution in [1.29, 1.82) is 0 Å². The molecule has 0 fully saturated rings. The van der Waals surface area contributed by atoms with Gasteiger partial charge in [-0.1, -0.05) is 29.4 Å². The van der Waals surface area contributed by atoms with Crippen LogP contribution in [-0.4, -0.2) is 31.7 Å². The first-order valence-corrected chi connectivity index (χ1v) is 9.99. The minimum atomic E-state index is -0.312. The van der Waals surface area contributed by atoms with Gasteiger partial charge in [-0.2, -0.15) is 0 Å². The third-order valence-electron chi connectivity index (χ3n) is 5.61. The van der Waals surface area contributed by atoms with E-state index in [2.05, 4.69) is 32.3 Å². The van der Waals surface area contributed by atoms with Crippen LogP contribution >= 0.6 is 0 Å². The van der Waals surface area contributed by atoms with Gasteiger partial charge in [-0.15, -0.1) is 5.10 Å². The number of H-pyrrole nitrogens is 1. The van der Waals surface area contributed by atoms with Gasteiger partial charge in [0, 0.05) is 35.8 Å². The topological polar surface area (TPSA) is 83.7 Å².